The fourth-order valence-electron chi connectivity index (χ4n) is 9.95. The summed E-state index contributed by atoms with van der Waals surface area (Å²) in [5, 5.41) is 124. The number of nitrogens with one attached hydrogen (secondary N) is 3. The van der Waals surface area contributed by atoms with Gasteiger partial charge in [0.25, 0.3) is 0 Å². The number of hydrogen-bond acceptors (Lipinski definition) is 30. The second kappa shape index (κ2) is 35.1. The zero-order chi connectivity index (χ0) is 118. The van der Waals surface area contributed by atoms with E-state index in [2.05, 4.69) is 86.3 Å². The zero-order valence-electron chi connectivity index (χ0n) is 102. The fraction of sp³-hybridized carbons (Fsp3) is 0.583. The number of aliphatic hydroxyl groups excluding tert-OH is 2. The van der Waals surface area contributed by atoms with Crippen molar-refractivity contribution in [2.75, 3.05) is 72.6 Å². The van der Waals surface area contributed by atoms with Gasteiger partial charge in [-0.1, -0.05) is 108 Å². The van der Waals surface area contributed by atoms with Gasteiger partial charge in [-0.2, -0.15) is 0 Å². The normalized spacial score (nSPS) is 45.9. The van der Waals surface area contributed by atoms with Crippen molar-refractivity contribution in [2.45, 2.75) is 223 Å². The molecule has 18 atom stereocenters. The zero-order valence-corrected chi connectivity index (χ0v) is 58.9. The number of aromatic nitrogens is 15. The molecule has 0 aliphatic heterocycles. The first-order chi connectivity index (χ1) is 69.3. The minimum Gasteiger partial charge on any atom is -0.394 e. The number of rotatable bonds is 30. The van der Waals surface area contributed by atoms with Crippen molar-refractivity contribution in [3.63, 3.8) is 0 Å². The Bertz CT molecular complexity index is 7010. The third-order valence-electron chi connectivity index (χ3n) is 15.4. The second-order valence-corrected chi connectivity index (χ2v) is 25.4. The number of benzene rings is 3. The predicted octanol–water partition coefficient (Wildman–Crippen LogP) is 6.55. The molecule has 0 bridgehead atoms. The van der Waals surface area contributed by atoms with Crippen molar-refractivity contribution in [3.8, 4) is 0 Å². The van der Waals surface area contributed by atoms with Crippen molar-refractivity contribution in [1.29, 1.82) is 0 Å². The number of hydrogen-bond donors (Lipinski definition) is 12. The minimum absolute atomic E-state index is 0.00981. The molecule has 0 unspecified atom stereocenters. The first-order valence-electron chi connectivity index (χ1n) is 54.7. The lowest BCUT2D eigenvalue weighted by Gasteiger charge is -2.17. The van der Waals surface area contributed by atoms with Crippen LogP contribution in [-0.2, 0) is 14.2 Å². The van der Waals surface area contributed by atoms with Gasteiger partial charge >= 0.3 is 0 Å². The van der Waals surface area contributed by atoms with Crippen LogP contribution in [0.15, 0.2) is 69.9 Å². The Balaban J connectivity index is 0.000000192. The van der Waals surface area contributed by atoms with Crippen LogP contribution < -0.4 is 16.0 Å². The Morgan fingerprint density at radius 1 is 0.509 bits per heavy atom. The fourth-order valence-corrected chi connectivity index (χ4v) is 11.6. The summed E-state index contributed by atoms with van der Waals surface area (Å²) >= 11 is 1.08. The summed E-state index contributed by atoms with van der Waals surface area (Å²) in [5.74, 6) is -8.34. The third kappa shape index (κ3) is 17.5. The maximum absolute atomic E-state index is 14.9. The number of aliphatic hydroxyl groups is 9. The van der Waals surface area contributed by atoms with Gasteiger partial charge in [0.2, 0.25) is 0 Å². The van der Waals surface area contributed by atoms with E-state index in [0.717, 1.165) is 39.5 Å². The molecule has 6 heterocycles. The number of thioether (sulfide) groups is 3. The van der Waals surface area contributed by atoms with Gasteiger partial charge in [0.15, 0.2) is 66.4 Å². The summed E-state index contributed by atoms with van der Waals surface area (Å²) in [6, 6.07) is -22.1. The molecule has 0 amide bonds. The molecule has 15 rings (SSSR count). The molecule has 0 radical (unpaired) electrons. The monoisotopic (exact) mass is 1600 g/mol. The Hall–Kier alpha value is -7.14. The molecule has 9 aromatic rings. The van der Waals surface area contributed by atoms with Crippen LogP contribution in [0, 0.1) is 38.2 Å². The van der Waals surface area contributed by atoms with E-state index in [9.17, 15) is 59.1 Å². The van der Waals surface area contributed by atoms with E-state index in [4.69, 9.17) is 67.8 Å². The molecule has 36 heteroatoms. The molecule has 6 fully saturated rings. The summed E-state index contributed by atoms with van der Waals surface area (Å²) in [7, 11) is 0. The molecular weight excluding hydrogens is 1460 g/mol. The molecule has 3 aromatic carbocycles. The van der Waals surface area contributed by atoms with E-state index in [1.807, 2.05) is 6.92 Å². The van der Waals surface area contributed by atoms with Gasteiger partial charge in [-0.25, -0.2) is 57.1 Å². The molecule has 6 saturated carbocycles. The summed E-state index contributed by atoms with van der Waals surface area (Å²) in [6.07, 6.45) is -58.6. The first-order valence-corrected chi connectivity index (χ1v) is 34.3. The Morgan fingerprint density at radius 2 is 0.898 bits per heavy atom. The predicted molar refractivity (Wildman–Crippen MR) is 398 cm³/mol. The summed E-state index contributed by atoms with van der Waals surface area (Å²) in [4.78, 5) is 24.7. The van der Waals surface area contributed by atoms with E-state index in [-0.39, 0.29) is 78.1 Å². The van der Waals surface area contributed by atoms with Gasteiger partial charge in [-0.15, -0.1) is 15.3 Å². The lowest BCUT2D eigenvalue weighted by atomic mass is 10.1. The van der Waals surface area contributed by atoms with Crippen molar-refractivity contribution in [3.05, 3.63) is 105 Å². The number of nitrogens with zero attached hydrogens (tertiary/aromatic N) is 15. The first kappa shape index (κ1) is 39.9. The highest BCUT2D eigenvalue weighted by molar-refractivity contribution is 7.99. The molecule has 108 heavy (non-hydrogen) atoms. The molecule has 582 valence electrons. The van der Waals surface area contributed by atoms with Crippen LogP contribution in [0.25, 0.3) is 33.5 Å². The van der Waals surface area contributed by atoms with Gasteiger partial charge in [-0.05, 0) is 111 Å². The molecule has 30 nitrogen and oxygen atoms in total. The molecule has 6 aliphatic rings. The SMILES string of the molecule is [2H]c1c([2H])c([C@@H]2C[C@@]2([2H])Nc2nc(SCCC)nc3c2nnn3[C@]2([2H])C([2H])([2H])[C@]([2H])(OCCO)[C@@]([2H])(O)[C@@]2([2H])O)c([2H])c(F)c1C.[2H]c1c([2H])c([C@H]2[C@H](Nc3nc(SC([2H])([2H])C([2H])([2H])C)nc4c3nnn4[C@]3([2H])C([2H])([2H])[C@]([2H])(OC([2H])([2H])C([2H])([2H])O)[C@@]([2H])(O)[C@@]3([2H])O)C2([2H])[2H])c([2H])c(F)c1C.[2H]c1c([2H])c([C@H]2[C@H](Nc3nc(SC([2H])([2H])C([2H])([2H])C)nc4c3nnn4[C@]3([2H])C([2H])([2H])[C@]([2H])(OC([2H])([2H])CO)[C@@]([2H])(O)[C@@]3([2H])O)C2([2H])[2H])c([2H])c(F)c1C. The summed E-state index contributed by atoms with van der Waals surface area (Å²) < 4.78 is 442. The van der Waals surface area contributed by atoms with Gasteiger partial charge in [0, 0.05) is 96.8 Å². The maximum atomic E-state index is 14.9. The van der Waals surface area contributed by atoms with Crippen molar-refractivity contribution in [2.24, 2.45) is 0 Å². The molecule has 12 N–H and O–H groups in total. The lowest BCUT2D eigenvalue weighted by molar-refractivity contribution is -0.0629. The highest BCUT2D eigenvalue weighted by Crippen LogP contribution is 2.48. The molecule has 6 aromatic heterocycles. The third-order valence-corrected chi connectivity index (χ3v) is 17.8. The topological polar surface area (TPSA) is 415 Å². The smallest absolute Gasteiger partial charge is 0.191 e. The van der Waals surface area contributed by atoms with Crippen molar-refractivity contribution < 1.29 is 136 Å². The van der Waals surface area contributed by atoms with Crippen LogP contribution >= 0.6 is 35.3 Å². The summed E-state index contributed by atoms with van der Waals surface area (Å²) in [5.41, 5.74) is -11.9. The van der Waals surface area contributed by atoms with Gasteiger partial charge in [0.05, 0.1) is 114 Å². The average Bonchev–Trinajstić information content (AvgIpc) is 1.49. The molecule has 6 aliphatic carbocycles. The quantitative estimate of drug-likeness (QED) is 0.0168. The van der Waals surface area contributed by atoms with Gasteiger partial charge in [-0.3, -0.25) is 0 Å². The molecule has 0 saturated heterocycles. The average molecular weight is 1600 g/mol. The maximum Gasteiger partial charge on any atom is 0.191 e. The van der Waals surface area contributed by atoms with E-state index < -0.39 is 337 Å². The van der Waals surface area contributed by atoms with Crippen LogP contribution in [-0.4, -0.2) is 250 Å². The highest BCUT2D eigenvalue weighted by Gasteiger charge is 2.49. The van der Waals surface area contributed by atoms with Gasteiger partial charge in [0.1, 0.15) is 53.9 Å². The number of fused-ring (bicyclic) bond motifs is 3. The van der Waals surface area contributed by atoms with E-state index in [1.165, 1.54) is 6.92 Å². The number of anilines is 3. The van der Waals surface area contributed by atoms with Crippen LogP contribution in [0.3, 0.4) is 0 Å². The van der Waals surface area contributed by atoms with Crippen molar-refractivity contribution >= 4 is 86.2 Å². The summed E-state index contributed by atoms with van der Waals surface area (Å²) in [6.45, 7) is -7.64. The molecular formula is C72H93F3N18O12S3. The standard InChI is InChI=1S/3C24H31FN6O4S/c3*1-3-8-36-24-27-22(26-16-10-14(16)13-5-4-12(2)15(25)9-13)19-23(28-24)31(30-29-19)17-11-18(35-7-6-32)21(34)20(17)33/h3*4-5,9,14,16-18,20-21,32-34H,3,6-8,10-11H2,1-2H3,(H,26,27,28)/t3*14-,16+,17+,18-,20-,21+/m000/s1/i3D2,4D,5D,6D2,7D2,8D2,9D,10D2,11D2,17D,18D,20D,21D;3D2,4D,5D,7D2,8D2,9D,10D2,11D2,17D,18D,20D,21D;4D,5D,9D,11D2,16D,17D,18D,20D,21D. The lowest BCUT2D eigenvalue weighted by Crippen LogP contribution is -2.33. The Labute approximate surface area is 697 Å². The molecule has 0 spiro atoms. The van der Waals surface area contributed by atoms with Crippen LogP contribution in [0.4, 0.5) is 30.6 Å². The number of ether oxygens (including phenoxy) is 3. The second-order valence-electron chi connectivity index (χ2n) is 22.8. The number of halogens is 3. The van der Waals surface area contributed by atoms with Crippen LogP contribution in [0.5, 0.6) is 0 Å². The Kier molecular flexibility index (Phi) is 12.9. The van der Waals surface area contributed by atoms with Crippen LogP contribution in [0.1, 0.15) is 210 Å². The van der Waals surface area contributed by atoms with E-state index in [1.54, 1.807) is 0 Å². The highest BCUT2D eigenvalue weighted by atomic mass is 32.2. The minimum atomic E-state index is -4.47. The van der Waals surface area contributed by atoms with Gasteiger partial charge < -0.3 is 76.1 Å². The largest absolute Gasteiger partial charge is 0.394 e. The van der Waals surface area contributed by atoms with Crippen LogP contribution in [0.2, 0.25) is 0 Å². The Morgan fingerprint density at radius 3 is 1.29 bits per heavy atom. The van der Waals surface area contributed by atoms with E-state index >= 15 is 0 Å². The van der Waals surface area contributed by atoms with Crippen molar-refractivity contribution in [1.82, 2.24) is 74.9 Å². The van der Waals surface area contributed by atoms with E-state index in [0.29, 0.717) is 16.9 Å².